The molecule has 0 unspecified atom stereocenters. The molecule has 2 amide bonds. The molecule has 1 heterocycles. The highest BCUT2D eigenvalue weighted by atomic mass is 16.7. The summed E-state index contributed by atoms with van der Waals surface area (Å²) in [5.41, 5.74) is 1.31. The average molecular weight is 311 g/mol. The number of hydrogen-bond acceptors (Lipinski definition) is 5. The Kier molecular flexibility index (Phi) is 3.57. The van der Waals surface area contributed by atoms with Crippen molar-refractivity contribution in [3.63, 3.8) is 0 Å². The molecular formula is C17H13NO5. The van der Waals surface area contributed by atoms with Crippen molar-refractivity contribution in [1.82, 2.24) is 5.06 Å². The standard InChI is InChI=1S/C17H13NO5/c1-10-9-11(22-2)7-8-12(10)17(21)23-18-15(19)13-5-3-4-6-14(13)16(18)20/h3-9H,1-2H3. The van der Waals surface area contributed by atoms with Crippen LogP contribution < -0.4 is 4.74 Å². The van der Waals surface area contributed by atoms with Crippen LogP contribution in [0.3, 0.4) is 0 Å². The zero-order valence-electron chi connectivity index (χ0n) is 12.5. The van der Waals surface area contributed by atoms with Gasteiger partial charge in [-0.2, -0.15) is 0 Å². The van der Waals surface area contributed by atoms with Crippen LogP contribution in [-0.4, -0.2) is 30.0 Å². The maximum atomic E-state index is 12.3. The van der Waals surface area contributed by atoms with Gasteiger partial charge < -0.3 is 9.57 Å². The molecule has 0 aromatic heterocycles. The predicted octanol–water partition coefficient (Wildman–Crippen LogP) is 2.37. The quantitative estimate of drug-likeness (QED) is 0.814. The van der Waals surface area contributed by atoms with Gasteiger partial charge in [-0.05, 0) is 42.8 Å². The van der Waals surface area contributed by atoms with E-state index in [4.69, 9.17) is 9.57 Å². The van der Waals surface area contributed by atoms with Crippen molar-refractivity contribution in [3.05, 3.63) is 64.7 Å². The molecule has 3 rings (SSSR count). The number of imide groups is 1. The maximum absolute atomic E-state index is 12.3. The molecule has 6 nitrogen and oxygen atoms in total. The molecule has 23 heavy (non-hydrogen) atoms. The Labute approximate surface area is 132 Å². The molecule has 2 aromatic carbocycles. The van der Waals surface area contributed by atoms with Gasteiger partial charge in [0.15, 0.2) is 0 Å². The smallest absolute Gasteiger partial charge is 0.364 e. The fourth-order valence-electron chi connectivity index (χ4n) is 2.37. The van der Waals surface area contributed by atoms with Gasteiger partial charge in [0.1, 0.15) is 5.75 Å². The van der Waals surface area contributed by atoms with E-state index in [1.54, 1.807) is 31.2 Å². The lowest BCUT2D eigenvalue weighted by atomic mass is 10.1. The summed E-state index contributed by atoms with van der Waals surface area (Å²) in [6.07, 6.45) is 0. The fraction of sp³-hybridized carbons (Fsp3) is 0.118. The third-order valence-corrected chi connectivity index (χ3v) is 3.58. The number of hydroxylamine groups is 2. The Balaban J connectivity index is 1.85. The monoisotopic (exact) mass is 311 g/mol. The minimum atomic E-state index is -0.778. The van der Waals surface area contributed by atoms with E-state index >= 15 is 0 Å². The summed E-state index contributed by atoms with van der Waals surface area (Å²) in [6, 6.07) is 11.1. The highest BCUT2D eigenvalue weighted by molar-refractivity contribution is 6.21. The molecule has 0 atom stereocenters. The van der Waals surface area contributed by atoms with Crippen molar-refractivity contribution in [3.8, 4) is 5.75 Å². The number of methoxy groups -OCH3 is 1. The fourth-order valence-corrected chi connectivity index (χ4v) is 2.37. The van der Waals surface area contributed by atoms with Gasteiger partial charge in [-0.3, -0.25) is 9.59 Å². The van der Waals surface area contributed by atoms with E-state index < -0.39 is 17.8 Å². The lowest BCUT2D eigenvalue weighted by Crippen LogP contribution is -2.32. The number of nitrogens with zero attached hydrogens (tertiary/aromatic N) is 1. The predicted molar refractivity (Wildman–Crippen MR) is 80.1 cm³/mol. The van der Waals surface area contributed by atoms with Gasteiger partial charge in [-0.15, -0.1) is 0 Å². The Hall–Kier alpha value is -3.15. The van der Waals surface area contributed by atoms with Gasteiger partial charge in [-0.1, -0.05) is 17.2 Å². The first-order valence-electron chi connectivity index (χ1n) is 6.87. The third kappa shape index (κ3) is 2.44. The van der Waals surface area contributed by atoms with Crippen LogP contribution >= 0.6 is 0 Å². The number of aryl methyl sites for hydroxylation is 1. The first-order valence-corrected chi connectivity index (χ1v) is 6.87. The van der Waals surface area contributed by atoms with E-state index in [-0.39, 0.29) is 16.7 Å². The van der Waals surface area contributed by atoms with Crippen molar-refractivity contribution >= 4 is 17.8 Å². The number of amides is 2. The van der Waals surface area contributed by atoms with Crippen LogP contribution in [0.2, 0.25) is 0 Å². The molecule has 0 saturated carbocycles. The van der Waals surface area contributed by atoms with Crippen molar-refractivity contribution in [2.24, 2.45) is 0 Å². The molecule has 0 bridgehead atoms. The zero-order valence-corrected chi connectivity index (χ0v) is 12.5. The van der Waals surface area contributed by atoms with E-state index in [2.05, 4.69) is 0 Å². The van der Waals surface area contributed by atoms with Gasteiger partial charge in [-0.25, -0.2) is 4.79 Å². The Morgan fingerprint density at radius 1 is 1.00 bits per heavy atom. The lowest BCUT2D eigenvalue weighted by molar-refractivity contribution is -0.0585. The van der Waals surface area contributed by atoms with Crippen molar-refractivity contribution in [1.29, 1.82) is 0 Å². The van der Waals surface area contributed by atoms with E-state index in [0.717, 1.165) is 0 Å². The zero-order chi connectivity index (χ0) is 16.6. The molecule has 116 valence electrons. The van der Waals surface area contributed by atoms with Gasteiger partial charge in [0, 0.05) is 0 Å². The lowest BCUT2D eigenvalue weighted by Gasteiger charge is -2.14. The van der Waals surface area contributed by atoms with Crippen LogP contribution in [0.5, 0.6) is 5.75 Å². The van der Waals surface area contributed by atoms with Crippen LogP contribution in [0.4, 0.5) is 0 Å². The minimum absolute atomic E-state index is 0.219. The molecule has 0 saturated heterocycles. The summed E-state index contributed by atoms with van der Waals surface area (Å²) in [6.45, 7) is 1.71. The van der Waals surface area contributed by atoms with E-state index in [1.165, 1.54) is 25.3 Å². The first-order chi connectivity index (χ1) is 11.0. The number of ether oxygens (including phenoxy) is 1. The largest absolute Gasteiger partial charge is 0.497 e. The molecule has 0 spiro atoms. The number of rotatable bonds is 3. The Morgan fingerprint density at radius 3 is 2.13 bits per heavy atom. The number of benzene rings is 2. The van der Waals surface area contributed by atoms with Crippen LogP contribution in [0, 0.1) is 6.92 Å². The molecule has 0 radical (unpaired) electrons. The molecule has 0 aliphatic carbocycles. The van der Waals surface area contributed by atoms with Gasteiger partial charge in [0.2, 0.25) is 0 Å². The minimum Gasteiger partial charge on any atom is -0.497 e. The SMILES string of the molecule is COc1ccc(C(=O)ON2C(=O)c3ccccc3C2=O)c(C)c1. The summed E-state index contributed by atoms with van der Waals surface area (Å²) in [5.74, 6) is -1.48. The second kappa shape index (κ2) is 5.57. The van der Waals surface area contributed by atoms with Gasteiger partial charge in [0.25, 0.3) is 11.8 Å². The Bertz CT molecular complexity index is 792. The molecule has 1 aliphatic heterocycles. The highest BCUT2D eigenvalue weighted by Crippen LogP contribution is 2.24. The summed E-state index contributed by atoms with van der Waals surface area (Å²) in [4.78, 5) is 41.6. The molecule has 1 aliphatic rings. The summed E-state index contributed by atoms with van der Waals surface area (Å²) < 4.78 is 5.07. The average Bonchev–Trinajstić information content (AvgIpc) is 2.80. The molecule has 0 fully saturated rings. The molecular weight excluding hydrogens is 298 g/mol. The number of hydrogen-bond donors (Lipinski definition) is 0. The number of carbonyl (C=O) groups excluding carboxylic acids is 3. The maximum Gasteiger partial charge on any atom is 0.364 e. The molecule has 6 heteroatoms. The summed E-state index contributed by atoms with van der Waals surface area (Å²) in [7, 11) is 1.52. The second-order valence-corrected chi connectivity index (χ2v) is 5.01. The van der Waals surface area contributed by atoms with Crippen LogP contribution in [0.1, 0.15) is 36.6 Å². The topological polar surface area (TPSA) is 72.9 Å². The summed E-state index contributed by atoms with van der Waals surface area (Å²) in [5, 5.41) is 0.497. The van der Waals surface area contributed by atoms with Crippen LogP contribution in [0.25, 0.3) is 0 Å². The third-order valence-electron chi connectivity index (χ3n) is 3.58. The highest BCUT2D eigenvalue weighted by Gasteiger charge is 2.38. The molecule has 0 N–H and O–H groups in total. The van der Waals surface area contributed by atoms with Crippen LogP contribution in [0.15, 0.2) is 42.5 Å². The Morgan fingerprint density at radius 2 is 1.61 bits per heavy atom. The van der Waals surface area contributed by atoms with E-state index in [0.29, 0.717) is 16.4 Å². The van der Waals surface area contributed by atoms with Crippen molar-refractivity contribution in [2.75, 3.05) is 7.11 Å². The number of fused-ring (bicyclic) bond motifs is 1. The second-order valence-electron chi connectivity index (χ2n) is 5.01. The van der Waals surface area contributed by atoms with Crippen molar-refractivity contribution < 1.29 is 24.0 Å². The van der Waals surface area contributed by atoms with Crippen LogP contribution in [-0.2, 0) is 4.84 Å². The first kappa shape index (κ1) is 14.8. The number of carbonyl (C=O) groups is 3. The van der Waals surface area contributed by atoms with Gasteiger partial charge in [0.05, 0.1) is 23.8 Å². The van der Waals surface area contributed by atoms with Gasteiger partial charge >= 0.3 is 5.97 Å². The molecule has 2 aromatic rings. The van der Waals surface area contributed by atoms with E-state index in [1.807, 2.05) is 0 Å². The van der Waals surface area contributed by atoms with E-state index in [9.17, 15) is 14.4 Å². The normalized spacial score (nSPS) is 13.0. The summed E-state index contributed by atoms with van der Waals surface area (Å²) >= 11 is 0. The van der Waals surface area contributed by atoms with Crippen molar-refractivity contribution in [2.45, 2.75) is 6.92 Å².